The highest BCUT2D eigenvalue weighted by molar-refractivity contribution is 14.1. The molecule has 1 radical (unpaired) electrons. The number of hydrogen-bond donors (Lipinski definition) is 0. The molecule has 0 aliphatic carbocycles. The van der Waals surface area contributed by atoms with E-state index in [0.717, 1.165) is 5.65 Å². The molecular weight excluding hydrogens is 239 g/mol. The summed E-state index contributed by atoms with van der Waals surface area (Å²) >= 11 is 2.26. The monoisotopic (exact) mass is 243 g/mol. The molecular formula is C7H4IN2. The first kappa shape index (κ1) is 6.15. The maximum Gasteiger partial charge on any atom is 0.137 e. The first-order chi connectivity index (χ1) is 4.86. The van der Waals surface area contributed by atoms with Gasteiger partial charge in [-0.05, 0) is 34.7 Å². The van der Waals surface area contributed by atoms with Gasteiger partial charge in [-0.2, -0.15) is 0 Å². The molecule has 2 heterocycles. The Morgan fingerprint density at radius 2 is 2.40 bits per heavy atom. The van der Waals surface area contributed by atoms with Gasteiger partial charge in [0.1, 0.15) is 11.8 Å². The standard InChI is InChI=1S/C7H4IN2/c8-6-1-2-7-9-3-4-10(7)5-6/h1-2,4-5H. The highest BCUT2D eigenvalue weighted by atomic mass is 127. The number of rotatable bonds is 0. The minimum Gasteiger partial charge on any atom is -0.305 e. The van der Waals surface area contributed by atoms with Crippen molar-refractivity contribution in [2.24, 2.45) is 0 Å². The summed E-state index contributed by atoms with van der Waals surface area (Å²) in [7, 11) is 0. The molecule has 0 atom stereocenters. The van der Waals surface area contributed by atoms with Gasteiger partial charge in [0, 0.05) is 16.0 Å². The summed E-state index contributed by atoms with van der Waals surface area (Å²) in [6, 6.07) is 4.00. The van der Waals surface area contributed by atoms with E-state index in [1.807, 2.05) is 28.9 Å². The average Bonchev–Trinajstić information content (AvgIpc) is 2.33. The Hall–Kier alpha value is -0.580. The van der Waals surface area contributed by atoms with Gasteiger partial charge in [-0.25, -0.2) is 4.98 Å². The van der Waals surface area contributed by atoms with Crippen LogP contribution in [0.2, 0.25) is 0 Å². The third-order valence-electron chi connectivity index (χ3n) is 1.29. The Morgan fingerprint density at radius 1 is 1.50 bits per heavy atom. The van der Waals surface area contributed by atoms with Crippen molar-refractivity contribution in [2.75, 3.05) is 0 Å². The van der Waals surface area contributed by atoms with Gasteiger partial charge in [0.15, 0.2) is 0 Å². The average molecular weight is 243 g/mol. The van der Waals surface area contributed by atoms with E-state index < -0.39 is 0 Å². The second-order valence-corrected chi connectivity index (χ2v) is 3.23. The number of fused-ring (bicyclic) bond motifs is 1. The number of halogens is 1. The fourth-order valence-corrected chi connectivity index (χ4v) is 1.32. The molecule has 2 aromatic heterocycles. The van der Waals surface area contributed by atoms with Gasteiger partial charge >= 0.3 is 0 Å². The molecule has 49 valence electrons. The highest BCUT2D eigenvalue weighted by Gasteiger charge is 1.91. The van der Waals surface area contributed by atoms with Crippen LogP contribution in [0.5, 0.6) is 0 Å². The van der Waals surface area contributed by atoms with Crippen LogP contribution >= 0.6 is 22.6 Å². The second kappa shape index (κ2) is 2.23. The van der Waals surface area contributed by atoms with E-state index in [-0.39, 0.29) is 0 Å². The summed E-state index contributed by atoms with van der Waals surface area (Å²) in [5.74, 6) is 0. The fraction of sp³-hybridized carbons (Fsp3) is 0. The smallest absolute Gasteiger partial charge is 0.137 e. The van der Waals surface area contributed by atoms with E-state index in [1.165, 1.54) is 3.57 Å². The number of aromatic nitrogens is 2. The van der Waals surface area contributed by atoms with Gasteiger partial charge in [0.05, 0.1) is 0 Å². The SMILES string of the molecule is Ic1ccc2n[c]cn2c1. The number of pyridine rings is 1. The molecule has 0 aliphatic rings. The van der Waals surface area contributed by atoms with Crippen LogP contribution in [0.25, 0.3) is 5.65 Å². The maximum atomic E-state index is 3.99. The third-order valence-corrected chi connectivity index (χ3v) is 1.93. The van der Waals surface area contributed by atoms with Gasteiger partial charge < -0.3 is 4.40 Å². The molecule has 0 spiro atoms. The second-order valence-electron chi connectivity index (χ2n) is 1.98. The first-order valence-electron chi connectivity index (χ1n) is 2.86. The summed E-state index contributed by atoms with van der Waals surface area (Å²) < 4.78 is 3.15. The van der Waals surface area contributed by atoms with E-state index in [2.05, 4.69) is 33.8 Å². The van der Waals surface area contributed by atoms with Gasteiger partial charge in [0.2, 0.25) is 0 Å². The molecule has 0 aliphatic heterocycles. The lowest BCUT2D eigenvalue weighted by Gasteiger charge is -1.91. The maximum absolute atomic E-state index is 3.99. The van der Waals surface area contributed by atoms with Crippen molar-refractivity contribution in [2.45, 2.75) is 0 Å². The topological polar surface area (TPSA) is 17.3 Å². The van der Waals surface area contributed by atoms with Crippen molar-refractivity contribution in [3.8, 4) is 0 Å². The van der Waals surface area contributed by atoms with Crippen LogP contribution in [0.4, 0.5) is 0 Å². The summed E-state index contributed by atoms with van der Waals surface area (Å²) in [4.78, 5) is 3.99. The Labute approximate surface area is 72.0 Å². The molecule has 2 rings (SSSR count). The van der Waals surface area contributed by atoms with E-state index in [0.29, 0.717) is 0 Å². The Kier molecular flexibility index (Phi) is 1.37. The minimum atomic E-state index is 0.945. The van der Waals surface area contributed by atoms with Crippen LogP contribution in [0.15, 0.2) is 24.5 Å². The van der Waals surface area contributed by atoms with Crippen LogP contribution in [0.1, 0.15) is 0 Å². The number of nitrogens with zero attached hydrogens (tertiary/aromatic N) is 2. The summed E-state index contributed by atoms with van der Waals surface area (Å²) in [6.07, 6.45) is 6.60. The van der Waals surface area contributed by atoms with Gasteiger partial charge in [-0.15, -0.1) is 0 Å². The largest absolute Gasteiger partial charge is 0.305 e. The molecule has 0 aromatic carbocycles. The molecule has 0 amide bonds. The fourth-order valence-electron chi connectivity index (χ4n) is 0.838. The molecule has 2 aromatic rings. The van der Waals surface area contributed by atoms with Crippen LogP contribution in [0.3, 0.4) is 0 Å². The lowest BCUT2D eigenvalue weighted by Crippen LogP contribution is -1.82. The predicted molar refractivity (Wildman–Crippen MR) is 46.7 cm³/mol. The van der Waals surface area contributed by atoms with Gasteiger partial charge in [0.25, 0.3) is 0 Å². The van der Waals surface area contributed by atoms with E-state index >= 15 is 0 Å². The minimum absolute atomic E-state index is 0.945. The first-order valence-corrected chi connectivity index (χ1v) is 3.94. The zero-order chi connectivity index (χ0) is 6.97. The van der Waals surface area contributed by atoms with Crippen molar-refractivity contribution in [1.82, 2.24) is 9.38 Å². The quantitative estimate of drug-likeness (QED) is 0.644. The van der Waals surface area contributed by atoms with Crippen LogP contribution in [-0.2, 0) is 0 Å². The molecule has 10 heavy (non-hydrogen) atoms. The van der Waals surface area contributed by atoms with Crippen molar-refractivity contribution in [3.63, 3.8) is 0 Å². The van der Waals surface area contributed by atoms with E-state index in [9.17, 15) is 0 Å². The zero-order valence-electron chi connectivity index (χ0n) is 5.08. The summed E-state index contributed by atoms with van der Waals surface area (Å²) in [5.41, 5.74) is 0.945. The summed E-state index contributed by atoms with van der Waals surface area (Å²) in [5, 5.41) is 0. The molecule has 0 saturated carbocycles. The van der Waals surface area contributed by atoms with Crippen molar-refractivity contribution < 1.29 is 0 Å². The number of imidazole rings is 1. The lowest BCUT2D eigenvalue weighted by molar-refractivity contribution is 1.17. The predicted octanol–water partition coefficient (Wildman–Crippen LogP) is 1.74. The molecule has 2 nitrogen and oxygen atoms in total. The molecule has 0 unspecified atom stereocenters. The van der Waals surface area contributed by atoms with Crippen LogP contribution in [0, 0.1) is 9.77 Å². The van der Waals surface area contributed by atoms with Gasteiger partial charge in [-0.1, -0.05) is 0 Å². The van der Waals surface area contributed by atoms with Gasteiger partial charge in [-0.3, -0.25) is 0 Å². The third kappa shape index (κ3) is 0.901. The molecule has 0 fully saturated rings. The Balaban J connectivity index is 2.86. The van der Waals surface area contributed by atoms with E-state index in [4.69, 9.17) is 0 Å². The highest BCUT2D eigenvalue weighted by Crippen LogP contribution is 2.05. The molecule has 3 heteroatoms. The molecule has 0 bridgehead atoms. The lowest BCUT2D eigenvalue weighted by atomic mass is 10.5. The van der Waals surface area contributed by atoms with Crippen molar-refractivity contribution in [1.29, 1.82) is 0 Å². The Bertz CT molecular complexity index is 353. The molecule has 0 N–H and O–H groups in total. The van der Waals surface area contributed by atoms with Crippen molar-refractivity contribution >= 4 is 28.2 Å². The van der Waals surface area contributed by atoms with Crippen LogP contribution in [-0.4, -0.2) is 9.38 Å². The molecule has 0 saturated heterocycles. The van der Waals surface area contributed by atoms with Crippen molar-refractivity contribution in [3.05, 3.63) is 34.3 Å². The number of hydrogen-bond acceptors (Lipinski definition) is 1. The Morgan fingerprint density at radius 3 is 3.30 bits per heavy atom. The normalized spacial score (nSPS) is 10.5. The zero-order valence-corrected chi connectivity index (χ0v) is 7.24. The van der Waals surface area contributed by atoms with Crippen LogP contribution < -0.4 is 0 Å². The summed E-state index contributed by atoms with van der Waals surface area (Å²) in [6.45, 7) is 0. The van der Waals surface area contributed by atoms with E-state index in [1.54, 1.807) is 0 Å².